The quantitative estimate of drug-likeness (QED) is 0.500. The normalized spacial score (nSPS) is 11.7. The highest BCUT2D eigenvalue weighted by atomic mass is 32.1. The minimum absolute atomic E-state index is 0.140. The fraction of sp³-hybridized carbons (Fsp3) is 0.188. The zero-order valence-corrected chi connectivity index (χ0v) is 14.6. The maximum Gasteiger partial charge on any atom is 0.291 e. The molecule has 0 unspecified atom stereocenters. The van der Waals surface area contributed by atoms with Gasteiger partial charge in [-0.1, -0.05) is 0 Å². The van der Waals surface area contributed by atoms with Gasteiger partial charge in [0.2, 0.25) is 0 Å². The van der Waals surface area contributed by atoms with Crippen molar-refractivity contribution in [2.75, 3.05) is 0 Å². The number of aryl methyl sites for hydroxylation is 1. The molecule has 5 aromatic rings. The Balaban J connectivity index is 1.62. The van der Waals surface area contributed by atoms with Crippen LogP contribution in [-0.2, 0) is 20.0 Å². The maximum absolute atomic E-state index is 12.9. The van der Waals surface area contributed by atoms with Crippen LogP contribution in [0.4, 0.5) is 0 Å². The van der Waals surface area contributed by atoms with Crippen molar-refractivity contribution >= 4 is 32.6 Å². The van der Waals surface area contributed by atoms with Crippen LogP contribution in [0.1, 0.15) is 16.4 Å². The van der Waals surface area contributed by atoms with Gasteiger partial charge >= 0.3 is 0 Å². The molecular weight excluding hydrogens is 352 g/mol. The van der Waals surface area contributed by atoms with Gasteiger partial charge in [-0.3, -0.25) is 15.0 Å². The number of nitrogens with zero attached hydrogens (tertiary/aromatic N) is 6. The Labute approximate surface area is 150 Å². The molecule has 0 spiro atoms. The molecule has 0 saturated carbocycles. The Morgan fingerprint density at radius 3 is 3.00 bits per heavy atom. The molecular formula is C16H14N8OS. The first-order chi connectivity index (χ1) is 12.7. The number of thiazole rings is 1. The molecule has 0 aliphatic carbocycles. The first kappa shape index (κ1) is 15.0. The molecule has 0 aromatic carbocycles. The number of hydrogen-bond donors (Lipinski definition) is 2. The average Bonchev–Trinajstić information content (AvgIpc) is 3.39. The predicted molar refractivity (Wildman–Crippen MR) is 97.2 cm³/mol. The molecule has 5 heterocycles. The summed E-state index contributed by atoms with van der Waals surface area (Å²) >= 11 is 1.58. The fourth-order valence-electron chi connectivity index (χ4n) is 3.10. The molecule has 26 heavy (non-hydrogen) atoms. The summed E-state index contributed by atoms with van der Waals surface area (Å²) in [5.41, 5.74) is 3.04. The van der Waals surface area contributed by atoms with Gasteiger partial charge in [0.05, 0.1) is 28.8 Å². The third kappa shape index (κ3) is 2.26. The van der Waals surface area contributed by atoms with Gasteiger partial charge in [0.1, 0.15) is 10.5 Å². The summed E-state index contributed by atoms with van der Waals surface area (Å²) in [6.07, 6.45) is 5.85. The molecule has 5 rings (SSSR count). The molecule has 0 amide bonds. The van der Waals surface area contributed by atoms with Crippen molar-refractivity contribution in [2.24, 2.45) is 7.05 Å². The maximum atomic E-state index is 12.9. The highest BCUT2D eigenvalue weighted by Crippen LogP contribution is 2.31. The van der Waals surface area contributed by atoms with Crippen molar-refractivity contribution in [1.82, 2.24) is 39.7 Å². The minimum Gasteiger partial charge on any atom is -0.323 e. The summed E-state index contributed by atoms with van der Waals surface area (Å²) in [5, 5.41) is 19.9. The van der Waals surface area contributed by atoms with Crippen LogP contribution in [0.3, 0.4) is 0 Å². The SMILES string of the molecule is Cn1c2nc(Cc3cc[nH]n3)sc2c2cnn(Cc3ccn[nH]3)c(=O)c21. The van der Waals surface area contributed by atoms with Crippen molar-refractivity contribution in [3.05, 3.63) is 57.5 Å². The van der Waals surface area contributed by atoms with E-state index >= 15 is 0 Å². The van der Waals surface area contributed by atoms with Gasteiger partial charge in [-0.15, -0.1) is 11.3 Å². The molecule has 0 aliphatic heterocycles. The summed E-state index contributed by atoms with van der Waals surface area (Å²) < 4.78 is 4.26. The van der Waals surface area contributed by atoms with E-state index < -0.39 is 0 Å². The van der Waals surface area contributed by atoms with E-state index in [4.69, 9.17) is 4.98 Å². The van der Waals surface area contributed by atoms with Crippen molar-refractivity contribution < 1.29 is 0 Å². The van der Waals surface area contributed by atoms with Gasteiger partial charge < -0.3 is 4.57 Å². The summed E-state index contributed by atoms with van der Waals surface area (Å²) in [4.78, 5) is 17.6. The molecule has 9 nitrogen and oxygen atoms in total. The van der Waals surface area contributed by atoms with E-state index in [1.54, 1.807) is 29.9 Å². The Morgan fingerprint density at radius 2 is 2.23 bits per heavy atom. The molecule has 0 radical (unpaired) electrons. The van der Waals surface area contributed by atoms with Crippen LogP contribution in [-0.4, -0.2) is 39.7 Å². The van der Waals surface area contributed by atoms with E-state index in [0.717, 1.165) is 32.1 Å². The number of nitrogens with one attached hydrogen (secondary N) is 2. The lowest BCUT2D eigenvalue weighted by Gasteiger charge is -2.03. The Bertz CT molecular complexity index is 1260. The number of aromatic nitrogens is 8. The zero-order chi connectivity index (χ0) is 17.7. The molecule has 10 heteroatoms. The molecule has 0 atom stereocenters. The van der Waals surface area contributed by atoms with E-state index in [1.165, 1.54) is 4.68 Å². The lowest BCUT2D eigenvalue weighted by Crippen LogP contribution is -2.24. The van der Waals surface area contributed by atoms with E-state index in [0.29, 0.717) is 18.5 Å². The Morgan fingerprint density at radius 1 is 1.31 bits per heavy atom. The number of rotatable bonds is 4. The van der Waals surface area contributed by atoms with Crippen LogP contribution in [0.25, 0.3) is 21.3 Å². The van der Waals surface area contributed by atoms with Gasteiger partial charge in [0.15, 0.2) is 5.65 Å². The Kier molecular flexibility index (Phi) is 3.25. The highest BCUT2D eigenvalue weighted by molar-refractivity contribution is 7.19. The number of H-pyrrole nitrogens is 2. The molecule has 2 N–H and O–H groups in total. The number of aromatic amines is 2. The van der Waals surface area contributed by atoms with Gasteiger partial charge in [-0.25, -0.2) is 9.67 Å². The smallest absolute Gasteiger partial charge is 0.291 e. The van der Waals surface area contributed by atoms with Crippen LogP contribution in [0, 0.1) is 0 Å². The molecule has 0 bridgehead atoms. The summed E-state index contributed by atoms with van der Waals surface area (Å²) in [5.74, 6) is 0. The van der Waals surface area contributed by atoms with Gasteiger partial charge in [-0.2, -0.15) is 15.3 Å². The van der Waals surface area contributed by atoms with E-state index in [9.17, 15) is 4.79 Å². The monoisotopic (exact) mass is 366 g/mol. The molecule has 5 aromatic heterocycles. The highest BCUT2D eigenvalue weighted by Gasteiger charge is 2.18. The van der Waals surface area contributed by atoms with Crippen LogP contribution in [0.2, 0.25) is 0 Å². The molecule has 0 fully saturated rings. The number of hydrogen-bond acceptors (Lipinski definition) is 6. The van der Waals surface area contributed by atoms with Gasteiger partial charge in [0, 0.05) is 31.2 Å². The van der Waals surface area contributed by atoms with Crippen molar-refractivity contribution in [3.63, 3.8) is 0 Å². The van der Waals surface area contributed by atoms with Gasteiger partial charge in [0.25, 0.3) is 5.56 Å². The van der Waals surface area contributed by atoms with Crippen molar-refractivity contribution in [1.29, 1.82) is 0 Å². The zero-order valence-electron chi connectivity index (χ0n) is 13.8. The second kappa shape index (κ2) is 5.63. The molecule has 130 valence electrons. The van der Waals surface area contributed by atoms with E-state index in [2.05, 4.69) is 25.5 Å². The third-order valence-electron chi connectivity index (χ3n) is 4.34. The molecule has 0 aliphatic rings. The summed E-state index contributed by atoms with van der Waals surface area (Å²) in [6.45, 7) is 0.353. The number of fused-ring (bicyclic) bond motifs is 3. The lowest BCUT2D eigenvalue weighted by atomic mass is 10.3. The second-order valence-corrected chi connectivity index (χ2v) is 7.10. The summed E-state index contributed by atoms with van der Waals surface area (Å²) in [6, 6.07) is 3.75. The lowest BCUT2D eigenvalue weighted by molar-refractivity contribution is 0.631. The van der Waals surface area contributed by atoms with Gasteiger partial charge in [-0.05, 0) is 12.1 Å². The largest absolute Gasteiger partial charge is 0.323 e. The van der Waals surface area contributed by atoms with E-state index in [1.807, 2.05) is 23.7 Å². The van der Waals surface area contributed by atoms with Crippen molar-refractivity contribution in [2.45, 2.75) is 13.0 Å². The van der Waals surface area contributed by atoms with Crippen LogP contribution in [0.15, 0.2) is 35.5 Å². The van der Waals surface area contributed by atoms with Crippen LogP contribution in [0.5, 0.6) is 0 Å². The second-order valence-electron chi connectivity index (χ2n) is 6.01. The van der Waals surface area contributed by atoms with Crippen molar-refractivity contribution in [3.8, 4) is 0 Å². The fourth-order valence-corrected chi connectivity index (χ4v) is 4.22. The Hall–Kier alpha value is -3.27. The standard InChI is InChI=1S/C16H14N8OS/c1-23-13-11(7-19-24(16(13)25)8-10-3-5-18-22-10)14-15(23)20-12(26-14)6-9-2-4-17-21-9/h2-5,7H,6,8H2,1H3,(H,17,21)(H,18,22). The first-order valence-electron chi connectivity index (χ1n) is 8.01. The molecule has 0 saturated heterocycles. The average molecular weight is 366 g/mol. The van der Waals surface area contributed by atoms with Crippen LogP contribution < -0.4 is 5.56 Å². The topological polar surface area (TPSA) is 110 Å². The van der Waals surface area contributed by atoms with E-state index in [-0.39, 0.29) is 5.56 Å². The predicted octanol–water partition coefficient (Wildman–Crippen LogP) is 1.43. The third-order valence-corrected chi connectivity index (χ3v) is 5.42. The summed E-state index contributed by atoms with van der Waals surface area (Å²) in [7, 11) is 1.87. The minimum atomic E-state index is -0.140. The van der Waals surface area contributed by atoms with Crippen LogP contribution >= 0.6 is 11.3 Å². The first-order valence-corrected chi connectivity index (χ1v) is 8.83.